The van der Waals surface area contributed by atoms with Crippen LogP contribution in [0.1, 0.15) is 32.6 Å². The zero-order chi connectivity index (χ0) is 13.2. The van der Waals surface area contributed by atoms with Crippen LogP contribution in [-0.2, 0) is 10.0 Å². The van der Waals surface area contributed by atoms with E-state index in [2.05, 4.69) is 11.6 Å². The number of rotatable bonds is 3. The summed E-state index contributed by atoms with van der Waals surface area (Å²) in [5.41, 5.74) is 6.13. The van der Waals surface area contributed by atoms with Gasteiger partial charge in [0.25, 0.3) is 0 Å². The lowest BCUT2D eigenvalue weighted by Gasteiger charge is -2.27. The molecule has 5 heteroatoms. The number of anilines is 1. The summed E-state index contributed by atoms with van der Waals surface area (Å²) in [6, 6.07) is 6.38. The van der Waals surface area contributed by atoms with Crippen molar-refractivity contribution in [3.8, 4) is 0 Å². The van der Waals surface area contributed by atoms with Gasteiger partial charge in [-0.15, -0.1) is 0 Å². The third-order valence-corrected chi connectivity index (χ3v) is 4.99. The molecule has 1 aromatic carbocycles. The molecule has 0 radical (unpaired) electrons. The first-order chi connectivity index (χ1) is 8.47. The van der Waals surface area contributed by atoms with Gasteiger partial charge in [-0.1, -0.05) is 19.8 Å². The first-order valence-corrected chi connectivity index (χ1v) is 7.83. The van der Waals surface area contributed by atoms with Crippen molar-refractivity contribution in [1.82, 2.24) is 4.72 Å². The van der Waals surface area contributed by atoms with Crippen molar-refractivity contribution in [2.75, 3.05) is 5.73 Å². The largest absolute Gasteiger partial charge is 0.399 e. The molecule has 1 saturated carbocycles. The van der Waals surface area contributed by atoms with Gasteiger partial charge >= 0.3 is 0 Å². The van der Waals surface area contributed by atoms with E-state index < -0.39 is 10.0 Å². The molecule has 0 spiro atoms. The summed E-state index contributed by atoms with van der Waals surface area (Å²) in [4.78, 5) is 0.287. The van der Waals surface area contributed by atoms with Crippen molar-refractivity contribution in [3.63, 3.8) is 0 Å². The summed E-state index contributed by atoms with van der Waals surface area (Å²) >= 11 is 0. The van der Waals surface area contributed by atoms with Crippen LogP contribution in [0.5, 0.6) is 0 Å². The molecule has 0 bridgehead atoms. The van der Waals surface area contributed by atoms with E-state index in [1.54, 1.807) is 24.3 Å². The maximum Gasteiger partial charge on any atom is 0.240 e. The van der Waals surface area contributed by atoms with Gasteiger partial charge in [0, 0.05) is 11.7 Å². The van der Waals surface area contributed by atoms with Gasteiger partial charge in [-0.2, -0.15) is 0 Å². The second kappa shape index (κ2) is 5.28. The zero-order valence-electron chi connectivity index (χ0n) is 10.6. The van der Waals surface area contributed by atoms with Crippen molar-refractivity contribution in [2.24, 2.45) is 5.92 Å². The fraction of sp³-hybridized carbons (Fsp3) is 0.538. The van der Waals surface area contributed by atoms with Crippen LogP contribution in [0, 0.1) is 5.92 Å². The van der Waals surface area contributed by atoms with Crippen LogP contribution < -0.4 is 10.5 Å². The van der Waals surface area contributed by atoms with Crippen LogP contribution in [0.4, 0.5) is 5.69 Å². The molecule has 0 unspecified atom stereocenters. The lowest BCUT2D eigenvalue weighted by Crippen LogP contribution is -2.37. The zero-order valence-corrected chi connectivity index (χ0v) is 11.4. The summed E-state index contributed by atoms with van der Waals surface area (Å²) < 4.78 is 27.1. The molecule has 18 heavy (non-hydrogen) atoms. The minimum Gasteiger partial charge on any atom is -0.399 e. The van der Waals surface area contributed by atoms with E-state index in [9.17, 15) is 8.42 Å². The normalized spacial score (nSPS) is 24.9. The Morgan fingerprint density at radius 2 is 1.89 bits per heavy atom. The summed E-state index contributed by atoms with van der Waals surface area (Å²) in [6.45, 7) is 2.17. The number of nitrogens with two attached hydrogens (primary N) is 1. The Bertz CT molecular complexity index is 496. The van der Waals surface area contributed by atoms with Crippen molar-refractivity contribution >= 4 is 15.7 Å². The monoisotopic (exact) mass is 268 g/mol. The highest BCUT2D eigenvalue weighted by Gasteiger charge is 2.24. The topological polar surface area (TPSA) is 72.2 Å². The predicted molar refractivity (Wildman–Crippen MR) is 72.6 cm³/mol. The van der Waals surface area contributed by atoms with Crippen LogP contribution in [0.3, 0.4) is 0 Å². The Morgan fingerprint density at radius 1 is 1.22 bits per heavy atom. The standard InChI is InChI=1S/C13H20N2O2S/c1-10-3-2-4-12(9-10)15-18(16,17)13-7-5-11(14)6-8-13/h5-8,10,12,15H,2-4,9,14H2,1H3/t10-,12+/m1/s1. The molecule has 0 aliphatic heterocycles. The number of hydrogen-bond acceptors (Lipinski definition) is 3. The molecule has 1 aromatic rings. The molecule has 0 heterocycles. The molecule has 4 nitrogen and oxygen atoms in total. The van der Waals surface area contributed by atoms with Gasteiger partial charge in [0.2, 0.25) is 10.0 Å². The molecule has 2 rings (SSSR count). The van der Waals surface area contributed by atoms with E-state index in [-0.39, 0.29) is 10.9 Å². The Morgan fingerprint density at radius 3 is 2.50 bits per heavy atom. The molecule has 100 valence electrons. The summed E-state index contributed by atoms with van der Waals surface area (Å²) in [6.07, 6.45) is 4.14. The predicted octanol–water partition coefficient (Wildman–Crippen LogP) is 2.13. The van der Waals surface area contributed by atoms with Gasteiger partial charge < -0.3 is 5.73 Å². The van der Waals surface area contributed by atoms with Crippen LogP contribution in [0.25, 0.3) is 0 Å². The molecule has 1 aliphatic carbocycles. The molecule has 0 saturated heterocycles. The van der Waals surface area contributed by atoms with E-state index in [1.807, 2.05) is 0 Å². The van der Waals surface area contributed by atoms with Crippen LogP contribution in [0.15, 0.2) is 29.2 Å². The van der Waals surface area contributed by atoms with Gasteiger partial charge in [0.05, 0.1) is 4.90 Å². The summed E-state index contributed by atoms with van der Waals surface area (Å²) in [5.74, 6) is 0.595. The van der Waals surface area contributed by atoms with Gasteiger partial charge in [0.1, 0.15) is 0 Å². The van der Waals surface area contributed by atoms with E-state index in [0.29, 0.717) is 11.6 Å². The highest BCUT2D eigenvalue weighted by molar-refractivity contribution is 7.89. The number of hydrogen-bond donors (Lipinski definition) is 2. The minimum atomic E-state index is -3.41. The average Bonchev–Trinajstić information content (AvgIpc) is 2.29. The van der Waals surface area contributed by atoms with Gasteiger partial charge in [-0.25, -0.2) is 13.1 Å². The van der Waals surface area contributed by atoms with Gasteiger partial charge in [-0.05, 0) is 43.0 Å². The second-order valence-corrected chi connectivity index (χ2v) is 6.87. The highest BCUT2D eigenvalue weighted by atomic mass is 32.2. The number of nitrogen functional groups attached to an aromatic ring is 1. The summed E-state index contributed by atoms with van der Waals surface area (Å²) in [5, 5.41) is 0. The molecule has 2 atom stereocenters. The Kier molecular flexibility index (Phi) is 3.92. The average molecular weight is 268 g/mol. The maximum atomic E-state index is 12.2. The smallest absolute Gasteiger partial charge is 0.240 e. The minimum absolute atomic E-state index is 0.0660. The molecule has 1 fully saturated rings. The fourth-order valence-electron chi connectivity index (χ4n) is 2.48. The van der Waals surface area contributed by atoms with Crippen molar-refractivity contribution in [3.05, 3.63) is 24.3 Å². The van der Waals surface area contributed by atoms with Gasteiger partial charge in [-0.3, -0.25) is 0 Å². The van der Waals surface area contributed by atoms with Gasteiger partial charge in [0.15, 0.2) is 0 Å². The second-order valence-electron chi connectivity index (χ2n) is 5.16. The van der Waals surface area contributed by atoms with E-state index in [0.717, 1.165) is 19.3 Å². The third kappa shape index (κ3) is 3.23. The van der Waals surface area contributed by atoms with Crippen molar-refractivity contribution in [1.29, 1.82) is 0 Å². The summed E-state index contributed by atoms with van der Waals surface area (Å²) in [7, 11) is -3.41. The molecule has 0 amide bonds. The van der Waals surface area contributed by atoms with E-state index in [1.165, 1.54) is 6.42 Å². The van der Waals surface area contributed by atoms with E-state index in [4.69, 9.17) is 5.73 Å². The third-order valence-electron chi connectivity index (χ3n) is 3.45. The van der Waals surface area contributed by atoms with Crippen LogP contribution >= 0.6 is 0 Å². The number of sulfonamides is 1. The Balaban J connectivity index is 2.09. The first kappa shape index (κ1) is 13.4. The molecular weight excluding hydrogens is 248 g/mol. The van der Waals surface area contributed by atoms with Crippen molar-refractivity contribution in [2.45, 2.75) is 43.5 Å². The first-order valence-electron chi connectivity index (χ1n) is 6.35. The fourth-order valence-corrected chi connectivity index (χ4v) is 3.76. The number of benzene rings is 1. The van der Waals surface area contributed by atoms with Crippen LogP contribution in [0.2, 0.25) is 0 Å². The molecule has 1 aliphatic rings. The van der Waals surface area contributed by atoms with E-state index >= 15 is 0 Å². The Hall–Kier alpha value is -1.07. The molecule has 0 aromatic heterocycles. The quantitative estimate of drug-likeness (QED) is 0.825. The molecule has 3 N–H and O–H groups in total. The SMILES string of the molecule is C[C@@H]1CCC[C@H](NS(=O)(=O)c2ccc(N)cc2)C1. The maximum absolute atomic E-state index is 12.2. The Labute approximate surface area is 109 Å². The lowest BCUT2D eigenvalue weighted by molar-refractivity contribution is 0.327. The highest BCUT2D eigenvalue weighted by Crippen LogP contribution is 2.25. The lowest BCUT2D eigenvalue weighted by atomic mass is 9.88. The number of nitrogens with one attached hydrogen (secondary N) is 1. The molecular formula is C13H20N2O2S. The van der Waals surface area contributed by atoms with Crippen molar-refractivity contribution < 1.29 is 8.42 Å². The van der Waals surface area contributed by atoms with Crippen LogP contribution in [-0.4, -0.2) is 14.5 Å².